The molecule has 23 heavy (non-hydrogen) atoms. The van der Waals surface area contributed by atoms with Gasteiger partial charge in [-0.15, -0.1) is 0 Å². The maximum absolute atomic E-state index is 6.05. The Bertz CT molecular complexity index is 948. The fourth-order valence-corrected chi connectivity index (χ4v) is 3.52. The largest absolute Gasteiger partial charge is 0.366 e. The number of rotatable bonds is 3. The van der Waals surface area contributed by atoms with Gasteiger partial charge < -0.3 is 5.32 Å². The van der Waals surface area contributed by atoms with Gasteiger partial charge in [-0.3, -0.25) is 10.2 Å². The summed E-state index contributed by atoms with van der Waals surface area (Å²) in [5, 5.41) is 13.6. The smallest absolute Gasteiger partial charge is 0.127 e. The van der Waals surface area contributed by atoms with Crippen molar-refractivity contribution < 1.29 is 0 Å². The molecule has 0 saturated carbocycles. The van der Waals surface area contributed by atoms with Gasteiger partial charge in [-0.05, 0) is 48.2 Å². The van der Waals surface area contributed by atoms with E-state index in [1.165, 1.54) is 16.3 Å². The lowest BCUT2D eigenvalue weighted by Gasteiger charge is -2.06. The quantitative estimate of drug-likeness (QED) is 0.430. The Balaban J connectivity index is 1.64. The highest BCUT2D eigenvalue weighted by atomic mass is 35.5. The average molecular weight is 344 g/mol. The number of benzene rings is 2. The van der Waals surface area contributed by atoms with E-state index in [0.29, 0.717) is 16.6 Å². The molecule has 0 radical (unpaired) electrons. The fraction of sp³-hybridized carbons (Fsp3) is 0.111. The molecular weight excluding hydrogens is 329 g/mol. The van der Waals surface area contributed by atoms with Crippen molar-refractivity contribution in [2.24, 2.45) is 0 Å². The van der Waals surface area contributed by atoms with Gasteiger partial charge in [0.05, 0.1) is 5.69 Å². The second-order valence-corrected chi connectivity index (χ2v) is 6.65. The van der Waals surface area contributed by atoms with Crippen LogP contribution >= 0.6 is 23.2 Å². The third-order valence-electron chi connectivity index (χ3n) is 4.02. The Kier molecular flexibility index (Phi) is 3.47. The van der Waals surface area contributed by atoms with E-state index in [-0.39, 0.29) is 0 Å². The van der Waals surface area contributed by atoms with E-state index in [1.54, 1.807) is 6.07 Å². The molecular formula is C18H15Cl2N3. The van der Waals surface area contributed by atoms with Crippen LogP contribution in [0.2, 0.25) is 10.0 Å². The van der Waals surface area contributed by atoms with Crippen molar-refractivity contribution in [3.8, 4) is 11.3 Å². The summed E-state index contributed by atoms with van der Waals surface area (Å²) in [6, 6.07) is 14.2. The standard InChI is InChI=1S/C18H15Cl2N3/c1-10-2-3-12-7-16-17(15(12)4-10)22-23-18(16)21-9-11-5-13(19)8-14(20)6-11/h2-8,21-23H,9H2,1H3. The topological polar surface area (TPSA) is 43.6 Å². The van der Waals surface area contributed by atoms with Gasteiger partial charge in [-0.1, -0.05) is 40.9 Å². The van der Waals surface area contributed by atoms with Crippen LogP contribution in [-0.2, 0) is 6.54 Å². The van der Waals surface area contributed by atoms with Crippen LogP contribution < -0.4 is 5.32 Å². The molecule has 3 N–H and O–H groups in total. The number of anilines is 1. The van der Waals surface area contributed by atoms with Crippen LogP contribution in [0.4, 0.5) is 5.82 Å². The zero-order valence-corrected chi connectivity index (χ0v) is 14.0. The summed E-state index contributed by atoms with van der Waals surface area (Å²) < 4.78 is 0. The van der Waals surface area contributed by atoms with E-state index in [1.807, 2.05) is 12.1 Å². The summed E-state index contributed by atoms with van der Waals surface area (Å²) in [7, 11) is 0. The zero-order valence-electron chi connectivity index (χ0n) is 12.5. The van der Waals surface area contributed by atoms with Gasteiger partial charge in [-0.2, -0.15) is 0 Å². The second-order valence-electron chi connectivity index (χ2n) is 5.78. The van der Waals surface area contributed by atoms with Gasteiger partial charge in [0.15, 0.2) is 0 Å². The molecule has 2 aromatic carbocycles. The molecule has 2 aliphatic rings. The molecule has 4 rings (SSSR count). The van der Waals surface area contributed by atoms with Crippen molar-refractivity contribution in [1.82, 2.24) is 10.2 Å². The molecule has 0 amide bonds. The maximum Gasteiger partial charge on any atom is 0.127 e. The van der Waals surface area contributed by atoms with Crippen LogP contribution in [0.3, 0.4) is 0 Å². The molecule has 0 saturated heterocycles. The minimum atomic E-state index is 0.643. The zero-order chi connectivity index (χ0) is 16.0. The van der Waals surface area contributed by atoms with Gasteiger partial charge >= 0.3 is 0 Å². The third-order valence-corrected chi connectivity index (χ3v) is 4.46. The second kappa shape index (κ2) is 5.52. The van der Waals surface area contributed by atoms with E-state index >= 15 is 0 Å². The van der Waals surface area contributed by atoms with Gasteiger partial charge in [-0.25, -0.2) is 0 Å². The Hall–Kier alpha value is -2.10. The maximum atomic E-state index is 6.05. The van der Waals surface area contributed by atoms with Crippen LogP contribution in [-0.4, -0.2) is 10.2 Å². The Labute approximate surface area is 143 Å². The van der Waals surface area contributed by atoms with Crippen LogP contribution in [0.5, 0.6) is 0 Å². The predicted molar refractivity (Wildman–Crippen MR) is 97.8 cm³/mol. The van der Waals surface area contributed by atoms with Crippen molar-refractivity contribution in [3.63, 3.8) is 0 Å². The van der Waals surface area contributed by atoms with E-state index < -0.39 is 0 Å². The first kappa shape index (κ1) is 14.5. The van der Waals surface area contributed by atoms with Gasteiger partial charge in [0.1, 0.15) is 5.82 Å². The lowest BCUT2D eigenvalue weighted by atomic mass is 10.1. The minimum absolute atomic E-state index is 0.643. The van der Waals surface area contributed by atoms with Crippen molar-refractivity contribution in [3.05, 3.63) is 63.6 Å². The molecule has 1 aliphatic carbocycles. The SMILES string of the molecule is Cc1ccc2cc3c(NCc4cc(Cl)cc(Cl)c4)[nH][nH]c-3c2c1. The van der Waals surface area contributed by atoms with Crippen LogP contribution in [0.1, 0.15) is 11.1 Å². The van der Waals surface area contributed by atoms with Gasteiger partial charge in [0, 0.05) is 27.5 Å². The molecule has 0 bridgehead atoms. The number of hydrogen-bond acceptors (Lipinski definition) is 1. The van der Waals surface area contributed by atoms with Crippen molar-refractivity contribution >= 4 is 39.8 Å². The Morgan fingerprint density at radius 3 is 2.52 bits per heavy atom. The van der Waals surface area contributed by atoms with E-state index in [2.05, 4.69) is 46.7 Å². The normalized spacial score (nSPS) is 11.4. The molecule has 0 unspecified atom stereocenters. The molecule has 0 fully saturated rings. The lowest BCUT2D eigenvalue weighted by molar-refractivity contribution is 1.06. The molecule has 3 nitrogen and oxygen atoms in total. The number of aromatic nitrogens is 2. The van der Waals surface area contributed by atoms with Gasteiger partial charge in [0.2, 0.25) is 0 Å². The molecule has 5 heteroatoms. The molecule has 0 atom stereocenters. The lowest BCUT2D eigenvalue weighted by Crippen LogP contribution is -2.00. The number of fused-ring (bicyclic) bond motifs is 3. The average Bonchev–Trinajstić information content (AvgIpc) is 3.03. The highest BCUT2D eigenvalue weighted by molar-refractivity contribution is 6.34. The summed E-state index contributed by atoms with van der Waals surface area (Å²) in [6.07, 6.45) is 0. The molecule has 0 spiro atoms. The molecule has 0 aromatic heterocycles. The summed E-state index contributed by atoms with van der Waals surface area (Å²) in [5.41, 5.74) is 4.56. The number of halogens is 2. The Morgan fingerprint density at radius 1 is 0.957 bits per heavy atom. The fourth-order valence-electron chi connectivity index (χ4n) is 2.95. The van der Waals surface area contributed by atoms with E-state index in [0.717, 1.165) is 22.6 Å². The molecule has 1 aliphatic heterocycles. The first-order valence-electron chi connectivity index (χ1n) is 7.38. The highest BCUT2D eigenvalue weighted by Gasteiger charge is 2.16. The third kappa shape index (κ3) is 2.67. The Morgan fingerprint density at radius 2 is 1.74 bits per heavy atom. The summed E-state index contributed by atoms with van der Waals surface area (Å²) in [5.74, 6) is 0.963. The number of aryl methyl sites for hydroxylation is 1. The van der Waals surface area contributed by atoms with Crippen LogP contribution in [0, 0.1) is 6.92 Å². The number of H-pyrrole nitrogens is 2. The minimum Gasteiger partial charge on any atom is -0.366 e. The number of hydrogen-bond donors (Lipinski definition) is 3. The first-order chi connectivity index (χ1) is 11.1. The molecule has 1 heterocycles. The monoisotopic (exact) mass is 343 g/mol. The highest BCUT2D eigenvalue weighted by Crippen LogP contribution is 2.37. The molecule has 2 aromatic rings. The summed E-state index contributed by atoms with van der Waals surface area (Å²) in [6.45, 7) is 2.75. The number of aromatic amines is 2. The van der Waals surface area contributed by atoms with Crippen molar-refractivity contribution in [2.75, 3.05) is 5.32 Å². The number of nitrogens with one attached hydrogen (secondary N) is 3. The predicted octanol–water partition coefficient (Wildman–Crippen LogP) is 5.83. The van der Waals surface area contributed by atoms with Crippen LogP contribution in [0.25, 0.3) is 22.0 Å². The summed E-state index contributed by atoms with van der Waals surface area (Å²) >= 11 is 12.1. The van der Waals surface area contributed by atoms with Gasteiger partial charge in [0.25, 0.3) is 0 Å². The first-order valence-corrected chi connectivity index (χ1v) is 8.14. The molecule has 116 valence electrons. The van der Waals surface area contributed by atoms with Crippen molar-refractivity contribution in [1.29, 1.82) is 0 Å². The van der Waals surface area contributed by atoms with E-state index in [9.17, 15) is 0 Å². The van der Waals surface area contributed by atoms with Crippen LogP contribution in [0.15, 0.2) is 42.5 Å². The summed E-state index contributed by atoms with van der Waals surface area (Å²) in [4.78, 5) is 0. The van der Waals surface area contributed by atoms with Crippen molar-refractivity contribution in [2.45, 2.75) is 13.5 Å². The van der Waals surface area contributed by atoms with E-state index in [4.69, 9.17) is 23.2 Å².